The van der Waals surface area contributed by atoms with Gasteiger partial charge in [-0.25, -0.2) is 8.42 Å². The van der Waals surface area contributed by atoms with Crippen molar-refractivity contribution in [2.45, 2.75) is 52.7 Å². The summed E-state index contributed by atoms with van der Waals surface area (Å²) < 4.78 is 27.0. The average Bonchev–Trinajstić information content (AvgIpc) is 2.76. The number of carbonyl (C=O) groups is 2. The van der Waals surface area contributed by atoms with E-state index >= 15 is 0 Å². The van der Waals surface area contributed by atoms with Gasteiger partial charge in [0.15, 0.2) is 0 Å². The molecule has 0 heterocycles. The molecule has 0 fully saturated rings. The molecular formula is C24H31BrClN3O4S. The molecule has 186 valence electrons. The van der Waals surface area contributed by atoms with Crippen molar-refractivity contribution in [3.8, 4) is 0 Å². The summed E-state index contributed by atoms with van der Waals surface area (Å²) in [4.78, 5) is 27.8. The van der Waals surface area contributed by atoms with Gasteiger partial charge in [0.1, 0.15) is 12.6 Å². The molecule has 0 saturated carbocycles. The number of halogens is 2. The summed E-state index contributed by atoms with van der Waals surface area (Å²) in [7, 11) is -3.81. The van der Waals surface area contributed by atoms with Crippen LogP contribution in [0.4, 0.5) is 5.69 Å². The molecule has 0 spiro atoms. The Kier molecular flexibility index (Phi) is 9.96. The zero-order chi connectivity index (χ0) is 25.6. The lowest BCUT2D eigenvalue weighted by molar-refractivity contribution is -0.139. The monoisotopic (exact) mass is 571 g/mol. The lowest BCUT2D eigenvalue weighted by Crippen LogP contribution is -2.52. The SMILES string of the molecule is CC[C@H](C)NC(=O)[C@H](C)N(Cc1cccc(Br)c1)C(=O)CN(c1ccc(C)c(Cl)c1)S(C)(=O)=O. The first kappa shape index (κ1) is 28.1. The van der Waals surface area contributed by atoms with Crippen molar-refractivity contribution in [2.24, 2.45) is 0 Å². The predicted octanol–water partition coefficient (Wildman–Crippen LogP) is 4.51. The number of aryl methyl sites for hydroxylation is 1. The number of benzene rings is 2. The van der Waals surface area contributed by atoms with Crippen molar-refractivity contribution < 1.29 is 18.0 Å². The molecule has 0 aromatic heterocycles. The lowest BCUT2D eigenvalue weighted by atomic mass is 10.1. The molecule has 34 heavy (non-hydrogen) atoms. The maximum atomic E-state index is 13.5. The van der Waals surface area contributed by atoms with Crippen LogP contribution in [0.25, 0.3) is 0 Å². The van der Waals surface area contributed by atoms with Crippen LogP contribution >= 0.6 is 27.5 Å². The summed E-state index contributed by atoms with van der Waals surface area (Å²) in [5.41, 5.74) is 1.87. The summed E-state index contributed by atoms with van der Waals surface area (Å²) in [5.74, 6) is -0.809. The number of anilines is 1. The van der Waals surface area contributed by atoms with E-state index < -0.39 is 28.5 Å². The summed E-state index contributed by atoms with van der Waals surface area (Å²) >= 11 is 9.63. The fourth-order valence-electron chi connectivity index (χ4n) is 3.23. The number of nitrogens with one attached hydrogen (secondary N) is 1. The standard InChI is InChI=1S/C24H31BrClN3O4S/c1-6-17(3)27-24(31)18(4)28(14-19-8-7-9-20(25)12-19)23(30)15-29(34(5,32)33)21-11-10-16(2)22(26)13-21/h7-13,17-18H,6,14-15H2,1-5H3,(H,27,31)/t17-,18-/m0/s1. The second-order valence-electron chi connectivity index (χ2n) is 8.35. The highest BCUT2D eigenvalue weighted by Gasteiger charge is 2.30. The van der Waals surface area contributed by atoms with Crippen molar-refractivity contribution in [2.75, 3.05) is 17.1 Å². The predicted molar refractivity (Wildman–Crippen MR) is 140 cm³/mol. The number of amides is 2. The van der Waals surface area contributed by atoms with Crippen LogP contribution in [-0.2, 0) is 26.2 Å². The van der Waals surface area contributed by atoms with Crippen molar-refractivity contribution in [3.05, 3.63) is 63.1 Å². The third kappa shape index (κ3) is 7.71. The number of hydrogen-bond donors (Lipinski definition) is 1. The van der Waals surface area contributed by atoms with Crippen LogP contribution in [0, 0.1) is 6.92 Å². The van der Waals surface area contributed by atoms with E-state index in [1.807, 2.05) is 38.1 Å². The number of nitrogens with zero attached hydrogens (tertiary/aromatic N) is 2. The zero-order valence-electron chi connectivity index (χ0n) is 20.0. The van der Waals surface area contributed by atoms with Crippen molar-refractivity contribution >= 4 is 55.1 Å². The van der Waals surface area contributed by atoms with E-state index in [1.54, 1.807) is 26.0 Å². The molecule has 0 unspecified atom stereocenters. The fraction of sp³-hybridized carbons (Fsp3) is 0.417. The Morgan fingerprint density at radius 1 is 1.15 bits per heavy atom. The molecule has 2 atom stereocenters. The first-order chi connectivity index (χ1) is 15.8. The van der Waals surface area contributed by atoms with Gasteiger partial charge in [-0.2, -0.15) is 0 Å². The van der Waals surface area contributed by atoms with E-state index in [1.165, 1.54) is 11.0 Å². The average molecular weight is 573 g/mol. The van der Waals surface area contributed by atoms with E-state index in [4.69, 9.17) is 11.6 Å². The highest BCUT2D eigenvalue weighted by Crippen LogP contribution is 2.25. The first-order valence-corrected chi connectivity index (χ1v) is 13.9. The highest BCUT2D eigenvalue weighted by molar-refractivity contribution is 9.10. The Bertz CT molecular complexity index is 1140. The maximum Gasteiger partial charge on any atom is 0.244 e. The van der Waals surface area contributed by atoms with Crippen LogP contribution in [0.2, 0.25) is 5.02 Å². The van der Waals surface area contributed by atoms with Crippen molar-refractivity contribution in [1.82, 2.24) is 10.2 Å². The third-order valence-electron chi connectivity index (χ3n) is 5.53. The molecule has 0 aliphatic carbocycles. The zero-order valence-corrected chi connectivity index (χ0v) is 23.2. The normalized spacial score (nSPS) is 13.1. The van der Waals surface area contributed by atoms with Gasteiger partial charge < -0.3 is 10.2 Å². The summed E-state index contributed by atoms with van der Waals surface area (Å²) in [6, 6.07) is 11.3. The molecule has 0 saturated heterocycles. The van der Waals surface area contributed by atoms with Gasteiger partial charge in [0.2, 0.25) is 21.8 Å². The summed E-state index contributed by atoms with van der Waals surface area (Å²) in [6.07, 6.45) is 1.78. The van der Waals surface area contributed by atoms with Crippen LogP contribution in [0.5, 0.6) is 0 Å². The van der Waals surface area contributed by atoms with Crippen LogP contribution in [0.3, 0.4) is 0 Å². The molecule has 7 nitrogen and oxygen atoms in total. The minimum Gasteiger partial charge on any atom is -0.352 e. The third-order valence-corrected chi connectivity index (χ3v) is 7.57. The van der Waals surface area contributed by atoms with Gasteiger partial charge in [-0.1, -0.05) is 52.7 Å². The van der Waals surface area contributed by atoms with Crippen LogP contribution in [-0.4, -0.2) is 50.0 Å². The van der Waals surface area contributed by atoms with Crippen LogP contribution in [0.15, 0.2) is 46.9 Å². The molecule has 0 bridgehead atoms. The van der Waals surface area contributed by atoms with E-state index in [-0.39, 0.29) is 24.2 Å². The minimum absolute atomic E-state index is 0.0556. The fourth-order valence-corrected chi connectivity index (χ4v) is 4.69. The maximum absolute atomic E-state index is 13.5. The largest absolute Gasteiger partial charge is 0.352 e. The van der Waals surface area contributed by atoms with Gasteiger partial charge in [-0.3, -0.25) is 13.9 Å². The van der Waals surface area contributed by atoms with Crippen LogP contribution in [0.1, 0.15) is 38.3 Å². The minimum atomic E-state index is -3.81. The molecule has 2 aromatic carbocycles. The summed E-state index contributed by atoms with van der Waals surface area (Å²) in [6.45, 7) is 6.96. The molecule has 2 amide bonds. The molecule has 2 rings (SSSR count). The Labute approximate surface area is 215 Å². The molecule has 0 aliphatic heterocycles. The smallest absolute Gasteiger partial charge is 0.244 e. The number of rotatable bonds is 10. The molecule has 0 radical (unpaired) electrons. The Morgan fingerprint density at radius 2 is 1.82 bits per heavy atom. The highest BCUT2D eigenvalue weighted by atomic mass is 79.9. The van der Waals surface area contributed by atoms with Gasteiger partial charge in [0.25, 0.3) is 0 Å². The first-order valence-electron chi connectivity index (χ1n) is 10.9. The second kappa shape index (κ2) is 12.0. The van der Waals surface area contributed by atoms with Gasteiger partial charge in [-0.15, -0.1) is 0 Å². The lowest BCUT2D eigenvalue weighted by Gasteiger charge is -2.32. The Balaban J connectivity index is 2.41. The van der Waals surface area contributed by atoms with Gasteiger partial charge >= 0.3 is 0 Å². The Morgan fingerprint density at radius 3 is 2.38 bits per heavy atom. The molecule has 1 N–H and O–H groups in total. The van der Waals surface area contributed by atoms with Gasteiger partial charge in [-0.05, 0) is 62.6 Å². The van der Waals surface area contributed by atoms with E-state index in [2.05, 4.69) is 21.2 Å². The van der Waals surface area contributed by atoms with E-state index in [0.717, 1.165) is 32.6 Å². The van der Waals surface area contributed by atoms with E-state index in [9.17, 15) is 18.0 Å². The summed E-state index contributed by atoms with van der Waals surface area (Å²) in [5, 5.41) is 3.29. The van der Waals surface area contributed by atoms with Crippen molar-refractivity contribution in [3.63, 3.8) is 0 Å². The molecule has 10 heteroatoms. The second-order valence-corrected chi connectivity index (χ2v) is 11.6. The quantitative estimate of drug-likeness (QED) is 0.454. The molecular weight excluding hydrogens is 542 g/mol. The van der Waals surface area contributed by atoms with Gasteiger partial charge in [0, 0.05) is 22.1 Å². The topological polar surface area (TPSA) is 86.8 Å². The van der Waals surface area contributed by atoms with Gasteiger partial charge in [0.05, 0.1) is 11.9 Å². The molecule has 0 aliphatic rings. The number of hydrogen-bond acceptors (Lipinski definition) is 4. The molecule has 2 aromatic rings. The Hall–Kier alpha value is -2.10. The van der Waals surface area contributed by atoms with E-state index in [0.29, 0.717) is 5.02 Å². The number of sulfonamides is 1. The number of carbonyl (C=O) groups excluding carboxylic acids is 2. The van der Waals surface area contributed by atoms with Crippen molar-refractivity contribution in [1.29, 1.82) is 0 Å². The van der Waals surface area contributed by atoms with Crippen LogP contribution < -0.4 is 9.62 Å².